The van der Waals surface area contributed by atoms with Gasteiger partial charge in [-0.25, -0.2) is 4.79 Å². The van der Waals surface area contributed by atoms with Gasteiger partial charge in [0.05, 0.1) is 23.6 Å². The zero-order valence-electron chi connectivity index (χ0n) is 22.9. The van der Waals surface area contributed by atoms with Crippen LogP contribution in [-0.2, 0) is 21.5 Å². The lowest BCUT2D eigenvalue weighted by molar-refractivity contribution is -0.218. The molecule has 1 aromatic rings. The van der Waals surface area contributed by atoms with E-state index in [1.165, 1.54) is 12.7 Å². The van der Waals surface area contributed by atoms with Gasteiger partial charge in [0.25, 0.3) is 0 Å². The molecule has 4 aliphatic carbocycles. The number of ether oxygens (including phenoxy) is 1. The van der Waals surface area contributed by atoms with Gasteiger partial charge in [-0.3, -0.25) is 9.69 Å². The number of methoxy groups -OCH3 is 1. The number of nitrogens with one attached hydrogen (secondary N) is 1. The zero-order valence-corrected chi connectivity index (χ0v) is 23.6. The average Bonchev–Trinajstić information content (AvgIpc) is 2.74. The molecule has 0 saturated heterocycles. The molecule has 0 aromatic heterocycles. The van der Waals surface area contributed by atoms with E-state index in [9.17, 15) is 9.59 Å². The quantitative estimate of drug-likeness (QED) is 0.433. The van der Waals surface area contributed by atoms with Crippen LogP contribution in [0.2, 0.25) is 5.02 Å². The summed E-state index contributed by atoms with van der Waals surface area (Å²) in [5.41, 5.74) is 2.61. The van der Waals surface area contributed by atoms with Crippen molar-refractivity contribution in [1.29, 1.82) is 0 Å². The summed E-state index contributed by atoms with van der Waals surface area (Å²) in [5, 5.41) is 4.24. The van der Waals surface area contributed by atoms with Crippen molar-refractivity contribution in [2.75, 3.05) is 7.11 Å². The van der Waals surface area contributed by atoms with Crippen molar-refractivity contribution >= 4 is 23.6 Å². The van der Waals surface area contributed by atoms with Gasteiger partial charge in [-0.05, 0) is 84.5 Å². The maximum absolute atomic E-state index is 13.7. The van der Waals surface area contributed by atoms with Gasteiger partial charge in [0.2, 0.25) is 0 Å². The van der Waals surface area contributed by atoms with E-state index in [-0.39, 0.29) is 34.3 Å². The Bertz CT molecular complexity index is 1130. The molecule has 36 heavy (non-hydrogen) atoms. The second-order valence-corrected chi connectivity index (χ2v) is 14.3. The van der Waals surface area contributed by atoms with E-state index >= 15 is 0 Å². The fourth-order valence-corrected chi connectivity index (χ4v) is 7.42. The molecule has 0 radical (unpaired) electrons. The van der Waals surface area contributed by atoms with E-state index in [1.54, 1.807) is 0 Å². The lowest BCUT2D eigenvalue weighted by atomic mass is 9.38. The number of esters is 1. The molecule has 1 N–H and O–H groups in total. The Morgan fingerprint density at radius 3 is 2.44 bits per heavy atom. The first-order chi connectivity index (χ1) is 16.7. The molecule has 6 heteroatoms. The molecule has 6 rings (SSSR count). The van der Waals surface area contributed by atoms with Crippen molar-refractivity contribution in [3.63, 3.8) is 0 Å². The van der Waals surface area contributed by atoms with Gasteiger partial charge in [0, 0.05) is 11.2 Å². The number of carbonyl (C=O) groups excluding carboxylic acids is 2. The Kier molecular flexibility index (Phi) is 5.69. The summed E-state index contributed by atoms with van der Waals surface area (Å²) < 4.78 is 5.03. The Morgan fingerprint density at radius 1 is 1.19 bits per heavy atom. The Morgan fingerprint density at radius 2 is 1.86 bits per heavy atom. The Balaban J connectivity index is 1.50. The van der Waals surface area contributed by atoms with Gasteiger partial charge in [-0.2, -0.15) is 0 Å². The number of halogens is 1. The summed E-state index contributed by atoms with van der Waals surface area (Å²) in [6.45, 7) is 13.7. The van der Waals surface area contributed by atoms with Crippen LogP contribution in [0.4, 0.5) is 4.79 Å². The number of fused-ring (bicyclic) bond motifs is 1. The van der Waals surface area contributed by atoms with E-state index in [2.05, 4.69) is 71.3 Å². The van der Waals surface area contributed by atoms with Crippen LogP contribution in [0.25, 0.3) is 0 Å². The zero-order chi connectivity index (χ0) is 26.3. The molecular formula is C30H41ClN2O3. The van der Waals surface area contributed by atoms with Crippen LogP contribution in [0.3, 0.4) is 0 Å². The summed E-state index contributed by atoms with van der Waals surface area (Å²) in [6.07, 6.45) is 8.03. The van der Waals surface area contributed by atoms with Crippen LogP contribution in [0.15, 0.2) is 30.0 Å². The Hall–Kier alpha value is -2.01. The van der Waals surface area contributed by atoms with Crippen molar-refractivity contribution in [2.45, 2.75) is 97.6 Å². The minimum atomic E-state index is -0.557. The molecule has 5 aliphatic rings. The molecule has 5 nitrogen and oxygen atoms in total. The number of carbonyl (C=O) groups is 2. The highest BCUT2D eigenvalue weighted by Gasteiger charge is 2.76. The van der Waals surface area contributed by atoms with E-state index in [0.717, 1.165) is 41.8 Å². The smallest absolute Gasteiger partial charge is 0.322 e. The number of aryl methyl sites for hydroxylation is 1. The molecule has 196 valence electrons. The van der Waals surface area contributed by atoms with Gasteiger partial charge in [0.15, 0.2) is 0 Å². The maximum Gasteiger partial charge on any atom is 0.322 e. The summed E-state index contributed by atoms with van der Waals surface area (Å²) >= 11 is 6.85. The van der Waals surface area contributed by atoms with Crippen LogP contribution in [0.1, 0.15) is 91.2 Å². The standard InChI is InChI=1S/C30H41ClN2O3/c1-19-22-15-33(29-16-28(17-29,18-29)24(34)36-7)25(35)32-30(22,13-12-27(19,5)6)21-9-8-20(23(31)14-21)10-11-26(2,3)4/h8-9,14-15,19H,10-13,16-18H2,1-7H3,(H,32,35). The predicted molar refractivity (Wildman–Crippen MR) is 143 cm³/mol. The topological polar surface area (TPSA) is 58.6 Å². The van der Waals surface area contributed by atoms with E-state index in [1.807, 2.05) is 4.90 Å². The van der Waals surface area contributed by atoms with Crippen LogP contribution in [-0.4, -0.2) is 29.5 Å². The number of benzene rings is 1. The highest BCUT2D eigenvalue weighted by atomic mass is 35.5. The van der Waals surface area contributed by atoms with Gasteiger partial charge in [-0.1, -0.05) is 65.3 Å². The number of urea groups is 1. The van der Waals surface area contributed by atoms with Crippen molar-refractivity contribution in [3.05, 3.63) is 46.1 Å². The van der Waals surface area contributed by atoms with Gasteiger partial charge in [0.1, 0.15) is 0 Å². The van der Waals surface area contributed by atoms with Crippen LogP contribution in [0.5, 0.6) is 0 Å². The normalized spacial score (nSPS) is 34.6. The van der Waals surface area contributed by atoms with Crippen molar-refractivity contribution in [3.8, 4) is 0 Å². The third kappa shape index (κ3) is 3.71. The number of hydrogen-bond donors (Lipinski definition) is 1. The molecule has 2 unspecified atom stereocenters. The monoisotopic (exact) mass is 512 g/mol. The first kappa shape index (κ1) is 25.6. The fourth-order valence-electron chi connectivity index (χ4n) is 7.14. The third-order valence-electron chi connectivity index (χ3n) is 9.91. The average molecular weight is 513 g/mol. The van der Waals surface area contributed by atoms with Gasteiger partial charge >= 0.3 is 12.0 Å². The van der Waals surface area contributed by atoms with Crippen LogP contribution >= 0.6 is 11.6 Å². The predicted octanol–water partition coefficient (Wildman–Crippen LogP) is 6.97. The summed E-state index contributed by atoms with van der Waals surface area (Å²) in [7, 11) is 1.45. The molecule has 1 aliphatic heterocycles. The van der Waals surface area contributed by atoms with Crippen molar-refractivity contribution in [1.82, 2.24) is 10.2 Å². The van der Waals surface area contributed by atoms with E-state index in [4.69, 9.17) is 16.3 Å². The lowest BCUT2D eigenvalue weighted by Gasteiger charge is -2.72. The third-order valence-corrected chi connectivity index (χ3v) is 10.3. The SMILES string of the molecule is COC(=O)C12CC(N3C=C4C(C)C(C)(C)CCC4(c4ccc(CCC(C)(C)C)c(Cl)c4)NC3=O)(C1)C2. The molecule has 4 fully saturated rings. The second kappa shape index (κ2) is 7.99. The maximum atomic E-state index is 13.7. The van der Waals surface area contributed by atoms with Crippen molar-refractivity contribution < 1.29 is 14.3 Å². The molecular weight excluding hydrogens is 472 g/mol. The fraction of sp³-hybridized carbons (Fsp3) is 0.667. The van der Waals surface area contributed by atoms with E-state index in [0.29, 0.717) is 19.3 Å². The number of rotatable bonds is 5. The molecule has 2 atom stereocenters. The summed E-state index contributed by atoms with van der Waals surface area (Å²) in [5.74, 6) is 0.132. The molecule has 2 amide bonds. The van der Waals surface area contributed by atoms with Gasteiger partial charge < -0.3 is 10.1 Å². The molecule has 2 bridgehead atoms. The largest absolute Gasteiger partial charge is 0.469 e. The summed E-state index contributed by atoms with van der Waals surface area (Å²) in [6, 6.07) is 6.34. The lowest BCUT2D eigenvalue weighted by Crippen LogP contribution is -2.79. The first-order valence-corrected chi connectivity index (χ1v) is 13.8. The second-order valence-electron chi connectivity index (χ2n) is 13.9. The van der Waals surface area contributed by atoms with Crippen LogP contribution in [0, 0.1) is 22.2 Å². The minimum Gasteiger partial charge on any atom is -0.469 e. The van der Waals surface area contributed by atoms with Crippen molar-refractivity contribution in [2.24, 2.45) is 22.2 Å². The van der Waals surface area contributed by atoms with E-state index < -0.39 is 11.0 Å². The number of hydrogen-bond acceptors (Lipinski definition) is 3. The van der Waals surface area contributed by atoms with Gasteiger partial charge in [-0.15, -0.1) is 0 Å². The van der Waals surface area contributed by atoms with Crippen LogP contribution < -0.4 is 5.32 Å². The molecule has 1 aromatic carbocycles. The minimum absolute atomic E-state index is 0.0725. The molecule has 0 spiro atoms. The molecule has 1 heterocycles. The highest BCUT2D eigenvalue weighted by Crippen LogP contribution is 2.71. The first-order valence-electron chi connectivity index (χ1n) is 13.4. The molecule has 4 saturated carbocycles. The summed E-state index contributed by atoms with van der Waals surface area (Å²) in [4.78, 5) is 27.8. The number of amides is 2. The number of nitrogens with zero attached hydrogens (tertiary/aromatic N) is 1. The Labute approximate surface area is 221 Å². The highest BCUT2D eigenvalue weighted by molar-refractivity contribution is 6.31.